The smallest absolute Gasteiger partial charge is 0.412 e. The lowest BCUT2D eigenvalue weighted by Crippen LogP contribution is -2.59. The fourth-order valence-electron chi connectivity index (χ4n) is 10.4. The normalized spacial score (nSPS) is 19.0. The molecule has 79 heavy (non-hydrogen) atoms. The fourth-order valence-corrected chi connectivity index (χ4v) is 11.7. The molecule has 4 rings (SSSR count). The molecule has 3 fully saturated rings. The first-order valence-electron chi connectivity index (χ1n) is 27.6. The van der Waals surface area contributed by atoms with E-state index in [1.807, 2.05) is 60.5 Å². The van der Waals surface area contributed by atoms with Crippen molar-refractivity contribution < 1.29 is 70.8 Å². The second kappa shape index (κ2) is 30.8. The third kappa shape index (κ3) is 19.0. The number of rotatable bonds is 30. The second-order valence-corrected chi connectivity index (χ2v) is 23.9. The van der Waals surface area contributed by atoms with Crippen molar-refractivity contribution in [3.8, 4) is 5.75 Å². The molecule has 2 aliphatic heterocycles. The van der Waals surface area contributed by atoms with Crippen LogP contribution in [0.2, 0.25) is 0 Å². The van der Waals surface area contributed by atoms with Crippen LogP contribution in [0.15, 0.2) is 30.0 Å². The summed E-state index contributed by atoms with van der Waals surface area (Å²) in [6, 6.07) is 3.40. The van der Waals surface area contributed by atoms with E-state index in [1.165, 1.54) is 44.6 Å². The number of amides is 7. The highest BCUT2D eigenvalue weighted by Crippen LogP contribution is 2.31. The summed E-state index contributed by atoms with van der Waals surface area (Å²) >= 11 is 0. The van der Waals surface area contributed by atoms with Gasteiger partial charge in [0.25, 0.3) is 5.91 Å². The van der Waals surface area contributed by atoms with Crippen LogP contribution in [0.25, 0.3) is 6.08 Å². The van der Waals surface area contributed by atoms with Gasteiger partial charge in [-0.2, -0.15) is 0 Å². The number of likely N-dealkylation sites (tertiary alicyclic amines) is 2. The number of carboxylic acids is 1. The third-order valence-corrected chi connectivity index (χ3v) is 17.0. The quantitative estimate of drug-likeness (QED) is 0.0546. The predicted octanol–water partition coefficient (Wildman–Crippen LogP) is 3.22. The molecule has 7 amide bonds. The topological polar surface area (TPSA) is 289 Å². The average molecular weight is 1130 g/mol. The number of sulfonamides is 1. The zero-order valence-electron chi connectivity index (χ0n) is 48.3. The standard InChI is InChI=1S/C55H88N8O15S/c1-13-35(6)48(61(10)53(69)46(33(2)3)58-52(68)47(34(4)5)60(8)9)43(75-11)32-45(65)63-26-14-15-42(63)49(76-12)36(7)50(66)57-41(51(67)59-79(73,74)40-20-21-40)31-37-16-18-39(19-17-37)78-55(72)56-25-30-77-29-24-44(64)62-27-22-38(23-28-62)54(70)71/h16-19,31,33-36,38,40,42-43,46-49H,13-15,20-30,32H2,1-12H3,(H,56,72)(H,57,66)(H,58,68)(H,59,67)(H,70,71). The van der Waals surface area contributed by atoms with Gasteiger partial charge >= 0.3 is 12.1 Å². The van der Waals surface area contributed by atoms with Gasteiger partial charge in [0.15, 0.2) is 0 Å². The van der Waals surface area contributed by atoms with Crippen LogP contribution < -0.4 is 25.4 Å². The Bertz CT molecular complexity index is 2380. The van der Waals surface area contributed by atoms with Crippen molar-refractivity contribution in [2.75, 3.05) is 74.8 Å². The molecule has 0 bridgehead atoms. The maximum atomic E-state index is 14.5. The van der Waals surface area contributed by atoms with Gasteiger partial charge in [0, 0.05) is 47.4 Å². The number of likely N-dealkylation sites (N-methyl/N-ethyl adjacent to an activating group) is 2. The summed E-state index contributed by atoms with van der Waals surface area (Å²) in [6.45, 7) is 14.6. The largest absolute Gasteiger partial charge is 0.481 e. The van der Waals surface area contributed by atoms with E-state index in [2.05, 4.69) is 20.7 Å². The first kappa shape index (κ1) is 65.8. The van der Waals surface area contributed by atoms with E-state index >= 15 is 0 Å². The fraction of sp³-hybridized carbons (Fsp3) is 0.709. The van der Waals surface area contributed by atoms with E-state index < -0.39 is 87.4 Å². The Kier molecular flexibility index (Phi) is 25.6. The molecule has 1 aromatic carbocycles. The van der Waals surface area contributed by atoms with Gasteiger partial charge in [-0.3, -0.25) is 38.5 Å². The predicted molar refractivity (Wildman–Crippen MR) is 294 cm³/mol. The number of nitrogens with one attached hydrogen (secondary N) is 4. The highest BCUT2D eigenvalue weighted by molar-refractivity contribution is 7.91. The number of ether oxygens (including phenoxy) is 4. The van der Waals surface area contributed by atoms with Gasteiger partial charge in [0.2, 0.25) is 39.6 Å². The lowest BCUT2D eigenvalue weighted by Gasteiger charge is -2.41. The van der Waals surface area contributed by atoms with E-state index in [4.69, 9.17) is 18.9 Å². The van der Waals surface area contributed by atoms with Gasteiger partial charge in [-0.1, -0.05) is 67.0 Å². The monoisotopic (exact) mass is 1130 g/mol. The molecule has 23 nitrogen and oxygen atoms in total. The van der Waals surface area contributed by atoms with Gasteiger partial charge in [-0.05, 0) is 94.1 Å². The lowest BCUT2D eigenvalue weighted by atomic mass is 9.89. The van der Waals surface area contributed by atoms with Crippen molar-refractivity contribution in [1.82, 2.24) is 40.3 Å². The van der Waals surface area contributed by atoms with Crippen LogP contribution in [0.5, 0.6) is 5.75 Å². The molecule has 2 heterocycles. The molecule has 1 aliphatic carbocycles. The van der Waals surface area contributed by atoms with Crippen molar-refractivity contribution in [3.63, 3.8) is 0 Å². The first-order chi connectivity index (χ1) is 37.3. The molecule has 24 heteroatoms. The average Bonchev–Trinajstić information content (AvgIpc) is 4.18. The molecule has 5 N–H and O–H groups in total. The van der Waals surface area contributed by atoms with Gasteiger partial charge in [-0.25, -0.2) is 17.9 Å². The van der Waals surface area contributed by atoms with Crippen molar-refractivity contribution in [2.24, 2.45) is 29.6 Å². The zero-order chi connectivity index (χ0) is 58.9. The maximum Gasteiger partial charge on any atom is 0.412 e. The summed E-state index contributed by atoms with van der Waals surface area (Å²) in [5.41, 5.74) is -0.0513. The summed E-state index contributed by atoms with van der Waals surface area (Å²) < 4.78 is 50.8. The lowest BCUT2D eigenvalue weighted by molar-refractivity contribution is -0.148. The van der Waals surface area contributed by atoms with Gasteiger partial charge in [0.1, 0.15) is 17.5 Å². The number of aliphatic carboxylic acids is 1. The molecule has 8 atom stereocenters. The van der Waals surface area contributed by atoms with Gasteiger partial charge < -0.3 is 54.7 Å². The molecule has 8 unspecified atom stereocenters. The number of piperidine rings is 1. The Morgan fingerprint density at radius 3 is 2.01 bits per heavy atom. The zero-order valence-corrected chi connectivity index (χ0v) is 49.1. The Morgan fingerprint density at radius 1 is 0.823 bits per heavy atom. The number of hydrogen-bond acceptors (Lipinski definition) is 15. The van der Waals surface area contributed by atoms with Gasteiger partial charge in [0.05, 0.1) is 73.5 Å². The molecule has 0 spiro atoms. The molecule has 1 saturated carbocycles. The summed E-state index contributed by atoms with van der Waals surface area (Å²) in [5, 5.41) is 16.6. The Hall–Kier alpha value is -5.69. The number of carboxylic acid groups (broad SMARTS) is 1. The summed E-state index contributed by atoms with van der Waals surface area (Å²) in [6.07, 6.45) is 2.17. The Balaban J connectivity index is 1.42. The summed E-state index contributed by atoms with van der Waals surface area (Å²) in [5.74, 6) is -5.29. The SMILES string of the molecule is CCC(C)C(C(CC(=O)N1CCCC1C(OC)C(C)C(=O)NC(=Cc1ccc(OC(=O)NCCOCCC(=O)N2CCC(C(=O)O)CC2)cc1)C(=O)NS(=O)(=O)C1CC1)OC)N(C)C(=O)C(NC(=O)C(C(C)C)N(C)C)C(C)C. The minimum atomic E-state index is -4.05. The minimum absolute atomic E-state index is 0.0127. The van der Waals surface area contributed by atoms with Crippen LogP contribution in [-0.2, 0) is 57.8 Å². The van der Waals surface area contributed by atoms with Crippen LogP contribution >= 0.6 is 0 Å². The number of benzene rings is 1. The summed E-state index contributed by atoms with van der Waals surface area (Å²) in [4.78, 5) is 113. The van der Waals surface area contributed by atoms with Crippen LogP contribution in [-0.4, -0.2) is 197 Å². The van der Waals surface area contributed by atoms with Crippen molar-refractivity contribution in [3.05, 3.63) is 35.5 Å². The molecule has 444 valence electrons. The van der Waals surface area contributed by atoms with Crippen LogP contribution in [0.4, 0.5) is 4.79 Å². The molecule has 2 saturated heterocycles. The Labute approximate surface area is 466 Å². The molecule has 0 radical (unpaired) electrons. The van der Waals surface area contributed by atoms with E-state index in [0.717, 1.165) is 0 Å². The summed E-state index contributed by atoms with van der Waals surface area (Å²) in [7, 11) is 4.19. The minimum Gasteiger partial charge on any atom is -0.481 e. The highest BCUT2D eigenvalue weighted by Gasteiger charge is 2.44. The molecule has 3 aliphatic rings. The number of hydrogen-bond donors (Lipinski definition) is 5. The molecule has 0 aromatic heterocycles. The van der Waals surface area contributed by atoms with E-state index in [0.29, 0.717) is 70.1 Å². The second-order valence-electron chi connectivity index (χ2n) is 21.9. The number of carbonyl (C=O) groups is 8. The first-order valence-corrected chi connectivity index (χ1v) is 29.1. The highest BCUT2D eigenvalue weighted by atomic mass is 32.2. The number of nitrogens with zero attached hydrogens (tertiary/aromatic N) is 4. The molecular weight excluding hydrogens is 1040 g/mol. The van der Waals surface area contributed by atoms with Gasteiger partial charge in [-0.15, -0.1) is 0 Å². The number of methoxy groups -OCH3 is 2. The van der Waals surface area contributed by atoms with Crippen molar-refractivity contribution >= 4 is 63.6 Å². The molecule has 1 aromatic rings. The van der Waals surface area contributed by atoms with Crippen LogP contribution in [0.3, 0.4) is 0 Å². The van der Waals surface area contributed by atoms with Crippen LogP contribution in [0, 0.1) is 29.6 Å². The number of carbonyl (C=O) groups excluding carboxylic acids is 7. The van der Waals surface area contributed by atoms with E-state index in [-0.39, 0.29) is 85.4 Å². The third-order valence-electron chi connectivity index (χ3n) is 15.2. The van der Waals surface area contributed by atoms with Crippen molar-refractivity contribution in [1.29, 1.82) is 0 Å². The van der Waals surface area contributed by atoms with Crippen molar-refractivity contribution in [2.45, 2.75) is 148 Å². The maximum absolute atomic E-state index is 14.5. The van der Waals surface area contributed by atoms with E-state index in [1.54, 1.807) is 28.7 Å². The molecular formula is C55H88N8O15S. The Morgan fingerprint density at radius 2 is 1.47 bits per heavy atom. The van der Waals surface area contributed by atoms with E-state index in [9.17, 15) is 51.9 Å². The van der Waals surface area contributed by atoms with Crippen LogP contribution in [0.1, 0.15) is 112 Å².